The first kappa shape index (κ1) is 36.1. The van der Waals surface area contributed by atoms with Crippen LogP contribution in [0.2, 0.25) is 0 Å². The van der Waals surface area contributed by atoms with Crippen molar-refractivity contribution in [3.8, 4) is 0 Å². The maximum atomic E-state index is 8.52. The van der Waals surface area contributed by atoms with Crippen molar-refractivity contribution in [3.63, 3.8) is 0 Å². The van der Waals surface area contributed by atoms with E-state index in [1.807, 2.05) is 46.2 Å². The molecule has 6 N–H and O–H groups in total. The van der Waals surface area contributed by atoms with Gasteiger partial charge in [0.05, 0.1) is 0 Å². The van der Waals surface area contributed by atoms with Gasteiger partial charge in [-0.1, -0.05) is 112 Å². The van der Waals surface area contributed by atoms with Crippen molar-refractivity contribution in [1.29, 1.82) is 21.6 Å². The predicted molar refractivity (Wildman–Crippen MR) is 184 cm³/mol. The third kappa shape index (κ3) is 14.9. The van der Waals surface area contributed by atoms with Gasteiger partial charge in [0.25, 0.3) is 0 Å². The summed E-state index contributed by atoms with van der Waals surface area (Å²) in [7, 11) is 7.21. The Bertz CT molecular complexity index is 1030. The van der Waals surface area contributed by atoms with Gasteiger partial charge in [-0.15, -0.1) is 0 Å². The molecule has 0 fully saturated rings. The molecule has 2 aromatic carbocycles. The van der Waals surface area contributed by atoms with E-state index in [4.69, 9.17) is 21.6 Å². The predicted octanol–water partition coefficient (Wildman–Crippen LogP) is 5.93. The lowest BCUT2D eigenvalue weighted by Crippen LogP contribution is -2.47. The Labute approximate surface area is 265 Å². The van der Waals surface area contributed by atoms with Crippen LogP contribution in [0, 0.1) is 21.6 Å². The van der Waals surface area contributed by atoms with Crippen molar-refractivity contribution >= 4 is 23.8 Å². The zero-order chi connectivity index (χ0) is 32.2. The van der Waals surface area contributed by atoms with Crippen LogP contribution in [0.1, 0.15) is 75.3 Å². The van der Waals surface area contributed by atoms with Crippen molar-refractivity contribution in [2.24, 2.45) is 0 Å². The highest BCUT2D eigenvalue weighted by Gasteiger charge is 2.14. The van der Waals surface area contributed by atoms with Gasteiger partial charge in [-0.2, -0.15) is 0 Å². The smallest absolute Gasteiger partial charge is 0.198 e. The summed E-state index contributed by atoms with van der Waals surface area (Å²) in [6.45, 7) is 2.92. The fourth-order valence-corrected chi connectivity index (χ4v) is 4.77. The fourth-order valence-electron chi connectivity index (χ4n) is 4.77. The van der Waals surface area contributed by atoms with Crippen molar-refractivity contribution in [3.05, 3.63) is 71.8 Å². The summed E-state index contributed by atoms with van der Waals surface area (Å²) in [5, 5.41) is 39.0. The molecule has 0 amide bonds. The van der Waals surface area contributed by atoms with Gasteiger partial charge in [-0.05, 0) is 24.0 Å². The van der Waals surface area contributed by atoms with E-state index in [9.17, 15) is 0 Å². The largest absolute Gasteiger partial charge is 0.349 e. The highest BCUT2D eigenvalue weighted by atomic mass is 15.4. The Morgan fingerprint density at radius 3 is 1.05 bits per heavy atom. The lowest BCUT2D eigenvalue weighted by Gasteiger charge is -2.27. The molecule has 0 bridgehead atoms. The molecule has 0 aliphatic rings. The van der Waals surface area contributed by atoms with Crippen LogP contribution < -0.4 is 10.6 Å². The van der Waals surface area contributed by atoms with Crippen molar-refractivity contribution in [2.45, 2.75) is 77.3 Å². The molecule has 10 heteroatoms. The summed E-state index contributed by atoms with van der Waals surface area (Å²) < 4.78 is 0. The number of hydrogen-bond acceptors (Lipinski definition) is 4. The third-order valence-electron chi connectivity index (χ3n) is 7.54. The first-order chi connectivity index (χ1) is 21.2. The molecule has 242 valence electrons. The van der Waals surface area contributed by atoms with Crippen LogP contribution in [-0.2, 0) is 13.1 Å². The summed E-state index contributed by atoms with van der Waals surface area (Å²) >= 11 is 0. The van der Waals surface area contributed by atoms with E-state index < -0.39 is 0 Å². The zero-order valence-electron chi connectivity index (χ0n) is 27.5. The Morgan fingerprint density at radius 1 is 0.455 bits per heavy atom. The van der Waals surface area contributed by atoms with Crippen LogP contribution >= 0.6 is 0 Å². The van der Waals surface area contributed by atoms with Crippen molar-refractivity contribution < 1.29 is 0 Å². The van der Waals surface area contributed by atoms with Gasteiger partial charge in [0.2, 0.25) is 0 Å². The monoisotopic (exact) mass is 604 g/mol. The summed E-state index contributed by atoms with van der Waals surface area (Å²) in [5.41, 5.74) is 2.33. The topological polar surface area (TPSA) is 132 Å². The Hall–Kier alpha value is -4.08. The van der Waals surface area contributed by atoms with Gasteiger partial charge in [0.1, 0.15) is 0 Å². The highest BCUT2D eigenvalue weighted by molar-refractivity contribution is 5.96. The van der Waals surface area contributed by atoms with E-state index >= 15 is 0 Å². The van der Waals surface area contributed by atoms with Gasteiger partial charge < -0.3 is 19.6 Å². The van der Waals surface area contributed by atoms with Gasteiger partial charge >= 0.3 is 0 Å². The molecule has 0 aliphatic carbocycles. The first-order valence-electron chi connectivity index (χ1n) is 16.0. The molecule has 2 rings (SSSR count). The van der Waals surface area contributed by atoms with Crippen molar-refractivity contribution in [2.75, 3.05) is 41.3 Å². The van der Waals surface area contributed by atoms with Crippen LogP contribution in [0.25, 0.3) is 0 Å². The number of guanidine groups is 4. The van der Waals surface area contributed by atoms with Gasteiger partial charge in [-0.25, -0.2) is 0 Å². The molecule has 0 aromatic heterocycles. The van der Waals surface area contributed by atoms with Crippen LogP contribution in [0.4, 0.5) is 0 Å². The third-order valence-corrected chi connectivity index (χ3v) is 7.54. The molecule has 0 saturated heterocycles. The van der Waals surface area contributed by atoms with Crippen LogP contribution in [0.3, 0.4) is 0 Å². The standard InChI is InChI=1S/C34H56N10/c1-41(2)31(35)39-33(37)43(27-29-21-15-13-16-22-29)25-19-11-9-7-5-6-8-10-12-20-26-44(28-30-23-17-14-18-24-30)34(38)40-32(36)42(3)4/h13-18,21-24H,5-12,19-20,25-28H2,1-4H3,(H3,35,37,39)(H3,36,38,40). The molecule has 0 radical (unpaired) electrons. The normalized spacial score (nSPS) is 10.5. The van der Waals surface area contributed by atoms with Gasteiger partial charge in [-0.3, -0.25) is 32.3 Å². The van der Waals surface area contributed by atoms with E-state index in [0.29, 0.717) is 13.1 Å². The van der Waals surface area contributed by atoms with Gasteiger partial charge in [0.15, 0.2) is 23.8 Å². The Balaban J connectivity index is 1.62. The second-order valence-corrected chi connectivity index (χ2v) is 11.8. The van der Waals surface area contributed by atoms with Gasteiger partial charge in [0, 0.05) is 54.4 Å². The van der Waals surface area contributed by atoms with Crippen molar-refractivity contribution in [1.82, 2.24) is 30.2 Å². The molecule has 0 saturated carbocycles. The summed E-state index contributed by atoms with van der Waals surface area (Å²) in [5.74, 6) is 0.986. The van der Waals surface area contributed by atoms with E-state index in [1.54, 1.807) is 38.0 Å². The maximum absolute atomic E-state index is 8.52. The Kier molecular flexibility index (Phi) is 17.0. The number of unbranched alkanes of at least 4 members (excludes halogenated alkanes) is 9. The number of benzene rings is 2. The number of rotatable bonds is 17. The lowest BCUT2D eigenvalue weighted by atomic mass is 10.1. The van der Waals surface area contributed by atoms with Crippen LogP contribution in [-0.4, -0.2) is 84.7 Å². The van der Waals surface area contributed by atoms with E-state index in [-0.39, 0.29) is 23.8 Å². The van der Waals surface area contributed by atoms with Crippen LogP contribution in [0.5, 0.6) is 0 Å². The molecular weight excluding hydrogens is 548 g/mol. The van der Waals surface area contributed by atoms with E-state index in [1.165, 1.54) is 49.7 Å². The summed E-state index contributed by atoms with van der Waals surface area (Å²) in [6, 6.07) is 20.4. The minimum absolute atomic E-state index is 0.218. The fraction of sp³-hybridized carbons (Fsp3) is 0.529. The molecule has 0 spiro atoms. The minimum Gasteiger partial charge on any atom is -0.349 e. The average molecular weight is 605 g/mol. The highest BCUT2D eigenvalue weighted by Crippen LogP contribution is 2.13. The molecule has 2 aromatic rings. The maximum Gasteiger partial charge on any atom is 0.198 e. The molecular formula is C34H56N10. The molecule has 0 atom stereocenters. The van der Waals surface area contributed by atoms with E-state index in [2.05, 4.69) is 34.9 Å². The Morgan fingerprint density at radius 2 is 0.750 bits per heavy atom. The average Bonchev–Trinajstić information content (AvgIpc) is 3.01. The zero-order valence-corrected chi connectivity index (χ0v) is 27.5. The quantitative estimate of drug-likeness (QED) is 0.0753. The molecule has 0 unspecified atom stereocenters. The van der Waals surface area contributed by atoms with E-state index in [0.717, 1.165) is 38.8 Å². The lowest BCUT2D eigenvalue weighted by molar-refractivity contribution is 0.379. The molecule has 0 heterocycles. The summed E-state index contributed by atoms with van der Waals surface area (Å²) in [4.78, 5) is 7.39. The molecule has 10 nitrogen and oxygen atoms in total. The molecule has 44 heavy (non-hydrogen) atoms. The number of nitrogens with zero attached hydrogens (tertiary/aromatic N) is 4. The summed E-state index contributed by atoms with van der Waals surface area (Å²) in [6.07, 6.45) is 11.8. The molecule has 0 aliphatic heterocycles. The first-order valence-corrected chi connectivity index (χ1v) is 16.0. The second kappa shape index (κ2) is 20.8. The number of hydrogen-bond donors (Lipinski definition) is 6. The van der Waals surface area contributed by atoms with Crippen LogP contribution in [0.15, 0.2) is 60.7 Å². The minimum atomic E-state index is 0.218. The second-order valence-electron chi connectivity index (χ2n) is 11.8. The SMILES string of the molecule is CN(C)C(=N)NC(=N)N(CCCCCCCCCCCCN(Cc1ccccc1)C(=N)NC(=N)N(C)C)Cc1ccccc1. The number of nitrogens with one attached hydrogen (secondary N) is 6.